The van der Waals surface area contributed by atoms with Gasteiger partial charge in [-0.2, -0.15) is 0 Å². The predicted molar refractivity (Wildman–Crippen MR) is 102 cm³/mol. The van der Waals surface area contributed by atoms with Gasteiger partial charge in [-0.05, 0) is 58.1 Å². The van der Waals surface area contributed by atoms with Crippen molar-refractivity contribution >= 4 is 15.9 Å². The highest BCUT2D eigenvalue weighted by atomic mass is 32.2. The first-order chi connectivity index (χ1) is 12.3. The number of sulfonamides is 1. The Hall–Kier alpha value is -1.44. The second kappa shape index (κ2) is 9.48. The van der Waals surface area contributed by atoms with Crippen LogP contribution in [0.5, 0.6) is 0 Å². The molecule has 7 heteroatoms. The number of rotatable bonds is 9. The summed E-state index contributed by atoms with van der Waals surface area (Å²) < 4.78 is 32.8. The highest BCUT2D eigenvalue weighted by Crippen LogP contribution is 2.18. The lowest BCUT2D eigenvalue weighted by Crippen LogP contribution is -2.36. The summed E-state index contributed by atoms with van der Waals surface area (Å²) in [7, 11) is -3.60. The Labute approximate surface area is 156 Å². The van der Waals surface area contributed by atoms with Gasteiger partial charge in [-0.3, -0.25) is 4.79 Å². The Kier molecular flexibility index (Phi) is 7.61. The monoisotopic (exact) mass is 382 g/mol. The summed E-state index contributed by atoms with van der Waals surface area (Å²) in [6.45, 7) is 6.57. The summed E-state index contributed by atoms with van der Waals surface area (Å²) >= 11 is 0. The van der Waals surface area contributed by atoms with Crippen molar-refractivity contribution < 1.29 is 17.9 Å². The fourth-order valence-electron chi connectivity index (χ4n) is 3.20. The van der Waals surface area contributed by atoms with Crippen LogP contribution in [0.3, 0.4) is 0 Å². The van der Waals surface area contributed by atoms with Crippen LogP contribution in [-0.2, 0) is 19.6 Å². The molecule has 1 heterocycles. The molecule has 0 aliphatic carbocycles. The Morgan fingerprint density at radius 3 is 2.77 bits per heavy atom. The zero-order chi connectivity index (χ0) is 19.2. The Balaban J connectivity index is 1.72. The third-order valence-electron chi connectivity index (χ3n) is 4.62. The molecule has 0 saturated carbocycles. The van der Waals surface area contributed by atoms with Gasteiger partial charge in [0.1, 0.15) is 0 Å². The van der Waals surface area contributed by atoms with Gasteiger partial charge in [0.25, 0.3) is 0 Å². The van der Waals surface area contributed by atoms with Crippen molar-refractivity contribution in [1.82, 2.24) is 10.0 Å². The molecule has 2 N–H and O–H groups in total. The SMILES string of the molecule is Cc1ccc(S(=O)(=O)NCCC(=O)NC(C)CCC2CCCO2)c(C)c1. The number of hydrogen-bond acceptors (Lipinski definition) is 4. The quantitative estimate of drug-likeness (QED) is 0.687. The third kappa shape index (κ3) is 6.37. The van der Waals surface area contributed by atoms with Crippen molar-refractivity contribution in [2.24, 2.45) is 0 Å². The number of benzene rings is 1. The van der Waals surface area contributed by atoms with Crippen LogP contribution in [0.1, 0.15) is 50.2 Å². The van der Waals surface area contributed by atoms with Crippen LogP contribution in [0, 0.1) is 13.8 Å². The number of hydrogen-bond donors (Lipinski definition) is 2. The molecular formula is C19H30N2O4S. The minimum atomic E-state index is -3.60. The molecule has 2 unspecified atom stereocenters. The summed E-state index contributed by atoms with van der Waals surface area (Å²) in [5, 5.41) is 2.92. The Bertz CT molecular complexity index is 712. The van der Waals surface area contributed by atoms with Gasteiger partial charge in [-0.1, -0.05) is 17.7 Å². The third-order valence-corrected chi connectivity index (χ3v) is 6.24. The average Bonchev–Trinajstić information content (AvgIpc) is 3.05. The van der Waals surface area contributed by atoms with Crippen LogP contribution in [0.2, 0.25) is 0 Å². The first-order valence-corrected chi connectivity index (χ1v) is 10.7. The van der Waals surface area contributed by atoms with Crippen molar-refractivity contribution in [2.45, 2.75) is 69.9 Å². The molecule has 1 aromatic rings. The highest BCUT2D eigenvalue weighted by Gasteiger charge is 2.18. The molecule has 0 bridgehead atoms. The van der Waals surface area contributed by atoms with Gasteiger partial charge < -0.3 is 10.1 Å². The molecule has 1 aliphatic heterocycles. The van der Waals surface area contributed by atoms with Gasteiger partial charge >= 0.3 is 0 Å². The van der Waals surface area contributed by atoms with E-state index in [-0.39, 0.29) is 29.8 Å². The van der Waals surface area contributed by atoms with E-state index in [1.165, 1.54) is 0 Å². The van der Waals surface area contributed by atoms with Crippen LogP contribution in [0.15, 0.2) is 23.1 Å². The number of ether oxygens (including phenoxy) is 1. The standard InChI is InChI=1S/C19H30N2O4S/c1-14-6-9-18(15(2)13-14)26(23,24)20-11-10-19(22)21-16(3)7-8-17-5-4-12-25-17/h6,9,13,16-17,20H,4-5,7-8,10-12H2,1-3H3,(H,21,22). The molecule has 2 atom stereocenters. The lowest BCUT2D eigenvalue weighted by atomic mass is 10.1. The molecular weight excluding hydrogens is 352 g/mol. The molecule has 146 valence electrons. The van der Waals surface area contributed by atoms with Gasteiger partial charge in [0.05, 0.1) is 11.0 Å². The van der Waals surface area contributed by atoms with Crippen LogP contribution in [0.25, 0.3) is 0 Å². The molecule has 26 heavy (non-hydrogen) atoms. The van der Waals surface area contributed by atoms with E-state index >= 15 is 0 Å². The summed E-state index contributed by atoms with van der Waals surface area (Å²) in [4.78, 5) is 12.3. The van der Waals surface area contributed by atoms with E-state index in [9.17, 15) is 13.2 Å². The topological polar surface area (TPSA) is 84.5 Å². The largest absolute Gasteiger partial charge is 0.378 e. The zero-order valence-corrected chi connectivity index (χ0v) is 16.7. The number of nitrogens with one attached hydrogen (secondary N) is 2. The fourth-order valence-corrected chi connectivity index (χ4v) is 4.46. The smallest absolute Gasteiger partial charge is 0.240 e. The second-order valence-electron chi connectivity index (χ2n) is 7.10. The van der Waals surface area contributed by atoms with Crippen LogP contribution in [0.4, 0.5) is 0 Å². The lowest BCUT2D eigenvalue weighted by molar-refractivity contribution is -0.121. The van der Waals surface area contributed by atoms with Gasteiger partial charge in [0.15, 0.2) is 0 Å². The summed E-state index contributed by atoms with van der Waals surface area (Å²) in [6.07, 6.45) is 4.46. The molecule has 0 spiro atoms. The predicted octanol–water partition coefficient (Wildman–Crippen LogP) is 2.44. The summed E-state index contributed by atoms with van der Waals surface area (Å²) in [5.74, 6) is -0.145. The number of carbonyl (C=O) groups is 1. The van der Waals surface area contributed by atoms with Crippen molar-refractivity contribution in [3.05, 3.63) is 29.3 Å². The number of carbonyl (C=O) groups excluding carboxylic acids is 1. The summed E-state index contributed by atoms with van der Waals surface area (Å²) in [6, 6.07) is 5.25. The van der Waals surface area contributed by atoms with E-state index in [1.807, 2.05) is 19.9 Å². The van der Waals surface area contributed by atoms with E-state index < -0.39 is 10.0 Å². The Morgan fingerprint density at radius 1 is 1.35 bits per heavy atom. The first kappa shape index (κ1) is 20.9. The molecule has 0 radical (unpaired) electrons. The van der Waals surface area contributed by atoms with E-state index in [1.54, 1.807) is 19.1 Å². The molecule has 1 saturated heterocycles. The molecule has 6 nitrogen and oxygen atoms in total. The van der Waals surface area contributed by atoms with E-state index in [0.29, 0.717) is 11.7 Å². The molecule has 2 rings (SSSR count). The summed E-state index contributed by atoms with van der Waals surface area (Å²) in [5.41, 5.74) is 1.71. The van der Waals surface area contributed by atoms with Gasteiger partial charge in [0.2, 0.25) is 15.9 Å². The van der Waals surface area contributed by atoms with Crippen LogP contribution >= 0.6 is 0 Å². The molecule has 1 aromatic carbocycles. The average molecular weight is 383 g/mol. The molecule has 1 amide bonds. The van der Waals surface area contributed by atoms with Gasteiger partial charge in [0, 0.05) is 25.6 Å². The van der Waals surface area contributed by atoms with Crippen molar-refractivity contribution in [2.75, 3.05) is 13.2 Å². The Morgan fingerprint density at radius 2 is 2.12 bits per heavy atom. The second-order valence-corrected chi connectivity index (χ2v) is 8.83. The minimum Gasteiger partial charge on any atom is -0.378 e. The van der Waals surface area contributed by atoms with Crippen molar-refractivity contribution in [3.8, 4) is 0 Å². The lowest BCUT2D eigenvalue weighted by Gasteiger charge is -2.16. The minimum absolute atomic E-state index is 0.0580. The zero-order valence-electron chi connectivity index (χ0n) is 15.9. The maximum atomic E-state index is 12.4. The maximum absolute atomic E-state index is 12.4. The van der Waals surface area contributed by atoms with E-state index in [2.05, 4.69) is 10.0 Å². The molecule has 0 aromatic heterocycles. The van der Waals surface area contributed by atoms with Crippen LogP contribution < -0.4 is 10.0 Å². The van der Waals surface area contributed by atoms with E-state index in [0.717, 1.165) is 37.9 Å². The highest BCUT2D eigenvalue weighted by molar-refractivity contribution is 7.89. The first-order valence-electron chi connectivity index (χ1n) is 9.26. The van der Waals surface area contributed by atoms with Gasteiger partial charge in [-0.15, -0.1) is 0 Å². The van der Waals surface area contributed by atoms with E-state index in [4.69, 9.17) is 4.74 Å². The normalized spacial score (nSPS) is 18.7. The molecule has 1 fully saturated rings. The molecule has 1 aliphatic rings. The van der Waals surface area contributed by atoms with Crippen molar-refractivity contribution in [1.29, 1.82) is 0 Å². The number of aryl methyl sites for hydroxylation is 2. The maximum Gasteiger partial charge on any atom is 0.240 e. The van der Waals surface area contributed by atoms with Gasteiger partial charge in [-0.25, -0.2) is 13.1 Å². The van der Waals surface area contributed by atoms with Crippen molar-refractivity contribution in [3.63, 3.8) is 0 Å². The fraction of sp³-hybridized carbons (Fsp3) is 0.632. The number of amides is 1. The van der Waals surface area contributed by atoms with Crippen LogP contribution in [-0.4, -0.2) is 39.6 Å².